The summed E-state index contributed by atoms with van der Waals surface area (Å²) in [6.45, 7) is 2.81. The average Bonchev–Trinajstić information content (AvgIpc) is 2.49. The summed E-state index contributed by atoms with van der Waals surface area (Å²) in [7, 11) is 0. The number of carbonyl (C=O) groups is 3. The van der Waals surface area contributed by atoms with Crippen molar-refractivity contribution in [2.24, 2.45) is 0 Å². The van der Waals surface area contributed by atoms with E-state index in [1.165, 1.54) is 13.8 Å². The van der Waals surface area contributed by atoms with Gasteiger partial charge in [-0.1, -0.05) is 11.6 Å². The minimum atomic E-state index is -0.335. The Kier molecular flexibility index (Phi) is 5.55. The molecule has 0 fully saturated rings. The molecule has 2 aromatic carbocycles. The van der Waals surface area contributed by atoms with Crippen LogP contribution in [0.25, 0.3) is 0 Å². The van der Waals surface area contributed by atoms with Gasteiger partial charge in [-0.2, -0.15) is 0 Å². The summed E-state index contributed by atoms with van der Waals surface area (Å²) < 4.78 is 0. The van der Waals surface area contributed by atoms with E-state index in [1.807, 2.05) is 0 Å². The highest BCUT2D eigenvalue weighted by Gasteiger charge is 2.10. The molecule has 3 amide bonds. The molecule has 6 nitrogen and oxygen atoms in total. The molecule has 0 bridgehead atoms. The van der Waals surface area contributed by atoms with E-state index in [0.29, 0.717) is 27.6 Å². The number of benzene rings is 2. The van der Waals surface area contributed by atoms with E-state index in [0.717, 1.165) is 0 Å². The lowest BCUT2D eigenvalue weighted by molar-refractivity contribution is -0.115. The van der Waals surface area contributed by atoms with Gasteiger partial charge in [0, 0.05) is 30.8 Å². The van der Waals surface area contributed by atoms with Gasteiger partial charge in [-0.25, -0.2) is 0 Å². The van der Waals surface area contributed by atoms with Crippen LogP contribution >= 0.6 is 11.6 Å². The van der Waals surface area contributed by atoms with Crippen LogP contribution in [0.4, 0.5) is 17.1 Å². The predicted octanol–water partition coefficient (Wildman–Crippen LogP) is 3.51. The summed E-state index contributed by atoms with van der Waals surface area (Å²) >= 11 is 6.11. The fourth-order valence-corrected chi connectivity index (χ4v) is 2.23. The maximum absolute atomic E-state index is 12.2. The lowest BCUT2D eigenvalue weighted by Crippen LogP contribution is -2.13. The smallest absolute Gasteiger partial charge is 0.255 e. The second-order valence-electron chi connectivity index (χ2n) is 5.09. The Hall–Kier alpha value is -2.86. The molecule has 0 atom stereocenters. The van der Waals surface area contributed by atoms with E-state index < -0.39 is 0 Å². The molecule has 0 radical (unpaired) electrons. The summed E-state index contributed by atoms with van der Waals surface area (Å²) in [5.41, 5.74) is 2.01. The Labute approximate surface area is 144 Å². The maximum Gasteiger partial charge on any atom is 0.255 e. The van der Waals surface area contributed by atoms with Gasteiger partial charge in [0.25, 0.3) is 5.91 Å². The lowest BCUT2D eigenvalue weighted by Gasteiger charge is -2.10. The normalized spacial score (nSPS) is 9.96. The second kappa shape index (κ2) is 7.61. The number of anilines is 3. The zero-order valence-corrected chi connectivity index (χ0v) is 13.9. The van der Waals surface area contributed by atoms with Crippen LogP contribution in [-0.4, -0.2) is 17.7 Å². The molecule has 24 heavy (non-hydrogen) atoms. The summed E-state index contributed by atoms with van der Waals surface area (Å²) in [6, 6.07) is 11.3. The Bertz CT molecular complexity index is 788. The first-order chi connectivity index (χ1) is 11.3. The molecule has 3 N–H and O–H groups in total. The molecule has 0 saturated heterocycles. The fourth-order valence-electron chi connectivity index (χ4n) is 2.00. The quantitative estimate of drug-likeness (QED) is 0.792. The molecule has 0 spiro atoms. The average molecular weight is 346 g/mol. The molecule has 0 aliphatic rings. The number of hydrogen-bond acceptors (Lipinski definition) is 3. The predicted molar refractivity (Wildman–Crippen MR) is 94.5 cm³/mol. The Morgan fingerprint density at radius 1 is 0.792 bits per heavy atom. The van der Waals surface area contributed by atoms with Crippen molar-refractivity contribution in [2.75, 3.05) is 16.0 Å². The topological polar surface area (TPSA) is 87.3 Å². The van der Waals surface area contributed by atoms with E-state index >= 15 is 0 Å². The second-order valence-corrected chi connectivity index (χ2v) is 5.50. The van der Waals surface area contributed by atoms with Crippen molar-refractivity contribution in [1.82, 2.24) is 0 Å². The number of nitrogens with one attached hydrogen (secondary N) is 3. The van der Waals surface area contributed by atoms with Gasteiger partial charge in [-0.3, -0.25) is 14.4 Å². The van der Waals surface area contributed by atoms with Crippen molar-refractivity contribution < 1.29 is 14.4 Å². The van der Waals surface area contributed by atoms with Crippen molar-refractivity contribution in [3.8, 4) is 0 Å². The highest BCUT2D eigenvalue weighted by molar-refractivity contribution is 6.34. The molecule has 7 heteroatoms. The highest BCUT2D eigenvalue weighted by Crippen LogP contribution is 2.26. The van der Waals surface area contributed by atoms with E-state index in [-0.39, 0.29) is 17.7 Å². The Morgan fingerprint density at radius 3 is 1.88 bits per heavy atom. The molecule has 0 aromatic heterocycles. The largest absolute Gasteiger partial charge is 0.326 e. The van der Waals surface area contributed by atoms with Gasteiger partial charge in [0.05, 0.1) is 10.7 Å². The standard InChI is InChI=1S/C17H16ClN3O3/c1-10(22)19-13-5-3-12(4-6-13)17(24)21-16-8-7-14(9-15(16)18)20-11(2)23/h3-9H,1-2H3,(H,19,22)(H,20,23)(H,21,24). The van der Waals surface area contributed by atoms with Crippen molar-refractivity contribution in [2.45, 2.75) is 13.8 Å². The number of carbonyl (C=O) groups excluding carboxylic acids is 3. The van der Waals surface area contributed by atoms with Gasteiger partial charge in [-0.15, -0.1) is 0 Å². The maximum atomic E-state index is 12.2. The van der Waals surface area contributed by atoms with Crippen LogP contribution in [0.3, 0.4) is 0 Å². The van der Waals surface area contributed by atoms with Crippen LogP contribution < -0.4 is 16.0 Å². The van der Waals surface area contributed by atoms with Crippen molar-refractivity contribution >= 4 is 46.4 Å². The van der Waals surface area contributed by atoms with Crippen LogP contribution in [0, 0.1) is 0 Å². The molecular formula is C17H16ClN3O3. The summed E-state index contributed by atoms with van der Waals surface area (Å²) in [5, 5.41) is 8.24. The van der Waals surface area contributed by atoms with Crippen molar-refractivity contribution in [1.29, 1.82) is 0 Å². The molecule has 0 aliphatic carbocycles. The fraction of sp³-hybridized carbons (Fsp3) is 0.118. The molecule has 0 heterocycles. The van der Waals surface area contributed by atoms with E-state index in [2.05, 4.69) is 16.0 Å². The van der Waals surface area contributed by atoms with Gasteiger partial charge in [0.2, 0.25) is 11.8 Å². The molecule has 0 unspecified atom stereocenters. The van der Waals surface area contributed by atoms with Gasteiger partial charge in [0.1, 0.15) is 0 Å². The van der Waals surface area contributed by atoms with Crippen LogP contribution in [0.1, 0.15) is 24.2 Å². The zero-order valence-electron chi connectivity index (χ0n) is 13.1. The zero-order chi connectivity index (χ0) is 17.7. The van der Waals surface area contributed by atoms with Crippen LogP contribution in [-0.2, 0) is 9.59 Å². The molecule has 0 saturated carbocycles. The first kappa shape index (κ1) is 17.5. The molecule has 0 aliphatic heterocycles. The highest BCUT2D eigenvalue weighted by atomic mass is 35.5. The van der Waals surface area contributed by atoms with Crippen molar-refractivity contribution in [3.63, 3.8) is 0 Å². The number of hydrogen-bond donors (Lipinski definition) is 3. The third-order valence-electron chi connectivity index (χ3n) is 3.01. The van der Waals surface area contributed by atoms with E-state index in [9.17, 15) is 14.4 Å². The number of rotatable bonds is 4. The van der Waals surface area contributed by atoms with Crippen LogP contribution in [0.15, 0.2) is 42.5 Å². The van der Waals surface area contributed by atoms with E-state index in [1.54, 1.807) is 42.5 Å². The molecule has 2 aromatic rings. The van der Waals surface area contributed by atoms with Gasteiger partial charge in [-0.05, 0) is 42.5 Å². The first-order valence-electron chi connectivity index (χ1n) is 7.11. The minimum Gasteiger partial charge on any atom is -0.326 e. The molecule has 2 rings (SSSR count). The summed E-state index contributed by atoms with van der Waals surface area (Å²) in [4.78, 5) is 34.2. The van der Waals surface area contributed by atoms with Crippen molar-refractivity contribution in [3.05, 3.63) is 53.1 Å². The van der Waals surface area contributed by atoms with Gasteiger partial charge >= 0.3 is 0 Å². The minimum absolute atomic E-state index is 0.182. The van der Waals surface area contributed by atoms with Crippen LogP contribution in [0.2, 0.25) is 5.02 Å². The third-order valence-corrected chi connectivity index (χ3v) is 3.32. The SMILES string of the molecule is CC(=O)Nc1ccc(C(=O)Nc2ccc(NC(C)=O)cc2Cl)cc1. The monoisotopic (exact) mass is 345 g/mol. The van der Waals surface area contributed by atoms with E-state index in [4.69, 9.17) is 11.6 Å². The number of amides is 3. The summed E-state index contributed by atoms with van der Waals surface area (Å²) in [6.07, 6.45) is 0. The van der Waals surface area contributed by atoms with Crippen LogP contribution in [0.5, 0.6) is 0 Å². The number of halogens is 1. The Balaban J connectivity index is 2.09. The first-order valence-corrected chi connectivity index (χ1v) is 7.49. The van der Waals surface area contributed by atoms with Gasteiger partial charge < -0.3 is 16.0 Å². The third kappa shape index (κ3) is 4.82. The van der Waals surface area contributed by atoms with Gasteiger partial charge in [0.15, 0.2) is 0 Å². The Morgan fingerprint density at radius 2 is 1.33 bits per heavy atom. The summed E-state index contributed by atoms with van der Waals surface area (Å²) in [5.74, 6) is -0.723. The lowest BCUT2D eigenvalue weighted by atomic mass is 10.2. The molecular weight excluding hydrogens is 330 g/mol. The molecule has 124 valence electrons.